The molecule has 0 aromatic carbocycles. The summed E-state index contributed by atoms with van der Waals surface area (Å²) in [5.74, 6) is -0.438. The molecule has 1 aliphatic carbocycles. The third-order valence-corrected chi connectivity index (χ3v) is 4.26. The Kier molecular flexibility index (Phi) is 5.17. The van der Waals surface area contributed by atoms with Crippen LogP contribution < -0.4 is 5.32 Å². The van der Waals surface area contributed by atoms with Gasteiger partial charge in [-0.15, -0.1) is 0 Å². The lowest BCUT2D eigenvalue weighted by Gasteiger charge is -2.24. The second-order valence-corrected chi connectivity index (χ2v) is 5.95. The minimum atomic E-state index is -0.924. The van der Waals surface area contributed by atoms with E-state index in [9.17, 15) is 9.90 Å². The van der Waals surface area contributed by atoms with Gasteiger partial charge in [0.05, 0.1) is 0 Å². The number of hydrogen-bond acceptors (Lipinski definition) is 4. The highest BCUT2D eigenvalue weighted by Crippen LogP contribution is 2.22. The molecule has 0 bridgehead atoms. The van der Waals surface area contributed by atoms with E-state index in [0.717, 1.165) is 17.8 Å². The number of likely N-dealkylation sites (N-methyl/N-ethyl adjacent to an activating group) is 1. The summed E-state index contributed by atoms with van der Waals surface area (Å²) in [6, 6.07) is 2.48. The molecule has 0 unspecified atom stereocenters. The molecule has 0 atom stereocenters. The molecule has 0 saturated heterocycles. The van der Waals surface area contributed by atoms with Crippen molar-refractivity contribution >= 4 is 11.8 Å². The van der Waals surface area contributed by atoms with Crippen LogP contribution in [-0.4, -0.2) is 47.1 Å². The van der Waals surface area contributed by atoms with Gasteiger partial charge in [-0.25, -0.2) is 9.78 Å². The number of hydrogen-bond donors (Lipinski definition) is 2. The molecule has 0 spiro atoms. The molecule has 2 rings (SSSR count). The van der Waals surface area contributed by atoms with Crippen molar-refractivity contribution in [3.63, 3.8) is 0 Å². The minimum absolute atomic E-state index is 0.282. The highest BCUT2D eigenvalue weighted by molar-refractivity contribution is 5.94. The summed E-state index contributed by atoms with van der Waals surface area (Å²) in [4.78, 5) is 18.1. The lowest BCUT2D eigenvalue weighted by molar-refractivity contribution is 0.0697. The Hall–Kier alpha value is -1.62. The summed E-state index contributed by atoms with van der Waals surface area (Å²) in [6.07, 6.45) is 5.20. The zero-order valence-corrected chi connectivity index (χ0v) is 13.1. The highest BCUT2D eigenvalue weighted by atomic mass is 16.4. The van der Waals surface area contributed by atoms with Crippen LogP contribution >= 0.6 is 0 Å². The Labute approximate surface area is 126 Å². The first-order valence-electron chi connectivity index (χ1n) is 7.64. The Balaban J connectivity index is 1.97. The van der Waals surface area contributed by atoms with Gasteiger partial charge in [-0.2, -0.15) is 0 Å². The van der Waals surface area contributed by atoms with Gasteiger partial charge in [0.25, 0.3) is 0 Å². The number of aromatic nitrogens is 1. The van der Waals surface area contributed by atoms with E-state index in [-0.39, 0.29) is 5.56 Å². The molecule has 1 heterocycles. The molecule has 2 N–H and O–H groups in total. The summed E-state index contributed by atoms with van der Waals surface area (Å²) >= 11 is 0. The molecule has 1 fully saturated rings. The second-order valence-electron chi connectivity index (χ2n) is 5.95. The summed E-state index contributed by atoms with van der Waals surface area (Å²) in [5, 5.41) is 12.5. The van der Waals surface area contributed by atoms with Crippen LogP contribution in [0.4, 0.5) is 5.82 Å². The van der Waals surface area contributed by atoms with Gasteiger partial charge in [-0.05, 0) is 45.4 Å². The van der Waals surface area contributed by atoms with Crippen LogP contribution in [0.2, 0.25) is 0 Å². The monoisotopic (exact) mass is 291 g/mol. The van der Waals surface area contributed by atoms with Crippen LogP contribution in [0, 0.1) is 13.8 Å². The van der Waals surface area contributed by atoms with Crippen molar-refractivity contribution in [1.82, 2.24) is 9.88 Å². The van der Waals surface area contributed by atoms with Gasteiger partial charge >= 0.3 is 5.97 Å². The fourth-order valence-corrected chi connectivity index (χ4v) is 3.11. The first-order chi connectivity index (χ1) is 9.99. The van der Waals surface area contributed by atoms with Gasteiger partial charge in [0.15, 0.2) is 0 Å². The Morgan fingerprint density at radius 2 is 2.10 bits per heavy atom. The number of aryl methyl sites for hydroxylation is 2. The van der Waals surface area contributed by atoms with Gasteiger partial charge < -0.3 is 15.3 Å². The van der Waals surface area contributed by atoms with E-state index in [0.29, 0.717) is 18.4 Å². The molecule has 1 aromatic rings. The molecular weight excluding hydrogens is 266 g/mol. The number of carboxylic acid groups (broad SMARTS) is 1. The zero-order valence-electron chi connectivity index (χ0n) is 13.1. The predicted octanol–water partition coefficient (Wildman–Crippen LogP) is 2.68. The van der Waals surface area contributed by atoms with Crippen molar-refractivity contribution < 1.29 is 9.90 Å². The van der Waals surface area contributed by atoms with E-state index < -0.39 is 5.97 Å². The topological polar surface area (TPSA) is 65.5 Å². The van der Waals surface area contributed by atoms with Crippen LogP contribution in [0.15, 0.2) is 6.07 Å². The number of nitrogens with one attached hydrogen (secondary N) is 1. The first kappa shape index (κ1) is 15.8. The summed E-state index contributed by atoms with van der Waals surface area (Å²) in [7, 11) is 2.14. The molecule has 1 saturated carbocycles. The van der Waals surface area contributed by atoms with Crippen molar-refractivity contribution in [3.05, 3.63) is 22.9 Å². The van der Waals surface area contributed by atoms with Crippen LogP contribution in [-0.2, 0) is 0 Å². The molecule has 1 aliphatic rings. The predicted molar refractivity (Wildman–Crippen MR) is 84.0 cm³/mol. The van der Waals surface area contributed by atoms with Crippen molar-refractivity contribution in [2.24, 2.45) is 0 Å². The van der Waals surface area contributed by atoms with Gasteiger partial charge in [0.2, 0.25) is 0 Å². The standard InChI is InChI=1S/C16H25N3O2/c1-11-10-12(2)18-15(14(11)16(20)21)17-8-9-19(3)13-6-4-5-7-13/h10,13H,4-9H2,1-3H3,(H,17,18)(H,20,21). The Morgan fingerprint density at radius 1 is 1.43 bits per heavy atom. The number of anilines is 1. The third kappa shape index (κ3) is 3.94. The van der Waals surface area contributed by atoms with Gasteiger partial charge in [0.1, 0.15) is 11.4 Å². The van der Waals surface area contributed by atoms with Crippen LogP contribution in [0.1, 0.15) is 47.3 Å². The minimum Gasteiger partial charge on any atom is -0.478 e. The van der Waals surface area contributed by atoms with Crippen LogP contribution in [0.5, 0.6) is 0 Å². The maximum atomic E-state index is 11.4. The molecule has 0 radical (unpaired) electrons. The highest BCUT2D eigenvalue weighted by Gasteiger charge is 2.19. The molecule has 5 heteroatoms. The van der Waals surface area contributed by atoms with Crippen molar-refractivity contribution in [2.75, 3.05) is 25.5 Å². The quantitative estimate of drug-likeness (QED) is 0.843. The smallest absolute Gasteiger partial charge is 0.339 e. The molecule has 116 valence electrons. The van der Waals surface area contributed by atoms with Gasteiger partial charge in [-0.1, -0.05) is 12.8 Å². The molecule has 0 amide bonds. The number of rotatable bonds is 6. The zero-order chi connectivity index (χ0) is 15.4. The van der Waals surface area contributed by atoms with Gasteiger partial charge in [0, 0.05) is 24.8 Å². The van der Waals surface area contributed by atoms with E-state index in [1.54, 1.807) is 6.07 Å². The lowest BCUT2D eigenvalue weighted by atomic mass is 10.1. The van der Waals surface area contributed by atoms with Crippen LogP contribution in [0.25, 0.3) is 0 Å². The molecule has 0 aliphatic heterocycles. The largest absolute Gasteiger partial charge is 0.478 e. The van der Waals surface area contributed by atoms with E-state index in [1.807, 2.05) is 13.8 Å². The number of pyridine rings is 1. The van der Waals surface area contributed by atoms with E-state index in [4.69, 9.17) is 0 Å². The summed E-state index contributed by atoms with van der Waals surface area (Å²) in [6.45, 7) is 5.31. The number of aromatic carboxylic acids is 1. The number of carbonyl (C=O) groups is 1. The third-order valence-electron chi connectivity index (χ3n) is 4.26. The van der Waals surface area contributed by atoms with Crippen LogP contribution in [0.3, 0.4) is 0 Å². The lowest BCUT2D eigenvalue weighted by Crippen LogP contribution is -2.33. The summed E-state index contributed by atoms with van der Waals surface area (Å²) in [5.41, 5.74) is 1.87. The number of nitrogens with zero attached hydrogens (tertiary/aromatic N) is 2. The maximum absolute atomic E-state index is 11.4. The fraction of sp³-hybridized carbons (Fsp3) is 0.625. The Bertz CT molecular complexity index is 510. The van der Waals surface area contributed by atoms with E-state index in [2.05, 4.69) is 22.2 Å². The van der Waals surface area contributed by atoms with Crippen molar-refractivity contribution in [2.45, 2.75) is 45.6 Å². The number of carboxylic acids is 1. The average Bonchev–Trinajstić information content (AvgIpc) is 2.91. The normalized spacial score (nSPS) is 15.6. The molecule has 21 heavy (non-hydrogen) atoms. The van der Waals surface area contributed by atoms with E-state index in [1.165, 1.54) is 25.7 Å². The molecule has 5 nitrogen and oxygen atoms in total. The van der Waals surface area contributed by atoms with E-state index >= 15 is 0 Å². The van der Waals surface area contributed by atoms with Crippen molar-refractivity contribution in [3.8, 4) is 0 Å². The average molecular weight is 291 g/mol. The first-order valence-corrected chi connectivity index (χ1v) is 7.64. The fourth-order valence-electron chi connectivity index (χ4n) is 3.11. The van der Waals surface area contributed by atoms with Crippen molar-refractivity contribution in [1.29, 1.82) is 0 Å². The summed E-state index contributed by atoms with van der Waals surface area (Å²) < 4.78 is 0. The second kappa shape index (κ2) is 6.89. The maximum Gasteiger partial charge on any atom is 0.339 e. The molecule has 1 aromatic heterocycles. The Morgan fingerprint density at radius 3 is 2.71 bits per heavy atom. The van der Waals surface area contributed by atoms with Gasteiger partial charge in [-0.3, -0.25) is 0 Å². The SMILES string of the molecule is Cc1cc(C)c(C(=O)O)c(NCCN(C)C2CCCC2)n1. The molecular formula is C16H25N3O2.